The van der Waals surface area contributed by atoms with Crippen molar-refractivity contribution in [2.45, 2.75) is 11.8 Å². The van der Waals surface area contributed by atoms with Crippen molar-refractivity contribution < 1.29 is 0 Å². The van der Waals surface area contributed by atoms with Crippen LogP contribution in [0.15, 0.2) is 47.5 Å². The van der Waals surface area contributed by atoms with Gasteiger partial charge < -0.3 is 4.98 Å². The number of fused-ring (bicyclic) bond motifs is 1. The topological polar surface area (TPSA) is 28.7 Å². The van der Waals surface area contributed by atoms with Crippen molar-refractivity contribution in [3.05, 3.63) is 48.3 Å². The fourth-order valence-corrected chi connectivity index (χ4v) is 2.69. The molecule has 0 atom stereocenters. The predicted molar refractivity (Wildman–Crippen MR) is 78.0 cm³/mol. The summed E-state index contributed by atoms with van der Waals surface area (Å²) in [7, 11) is 0. The van der Waals surface area contributed by atoms with Crippen LogP contribution < -0.4 is 0 Å². The van der Waals surface area contributed by atoms with Gasteiger partial charge in [-0.3, -0.25) is 0 Å². The maximum atomic E-state index is 4.36. The molecule has 0 amide bonds. The van der Waals surface area contributed by atoms with Crippen molar-refractivity contribution in [2.75, 3.05) is 6.26 Å². The van der Waals surface area contributed by atoms with E-state index in [9.17, 15) is 0 Å². The molecule has 0 saturated carbocycles. The molecule has 0 aliphatic heterocycles. The number of hydrogen-bond acceptors (Lipinski definition) is 2. The Morgan fingerprint density at radius 2 is 1.89 bits per heavy atom. The Hall–Kier alpha value is -1.74. The summed E-state index contributed by atoms with van der Waals surface area (Å²) in [6.45, 7) is 2.10. The molecule has 0 aliphatic carbocycles. The van der Waals surface area contributed by atoms with Crippen molar-refractivity contribution in [2.24, 2.45) is 0 Å². The third-order valence-corrected chi connectivity index (χ3v) is 3.88. The lowest BCUT2D eigenvalue weighted by molar-refractivity contribution is 1.25. The molecular formula is C15H14N2S. The minimum absolute atomic E-state index is 0.957. The van der Waals surface area contributed by atoms with E-state index in [1.165, 1.54) is 27.1 Å². The van der Waals surface area contributed by atoms with Crippen molar-refractivity contribution >= 4 is 22.8 Å². The summed E-state index contributed by atoms with van der Waals surface area (Å²) >= 11 is 1.76. The van der Waals surface area contributed by atoms with E-state index in [0.717, 1.165) is 5.65 Å². The number of aryl methyl sites for hydroxylation is 1. The number of aromatic amines is 1. The number of nitrogens with zero attached hydrogens (tertiary/aromatic N) is 1. The molecule has 3 rings (SSSR count). The van der Waals surface area contributed by atoms with E-state index in [1.807, 2.05) is 12.3 Å². The SMILES string of the molecule is CSc1ccc(-c2c(C)[nH]c3ncccc23)cc1. The monoisotopic (exact) mass is 254 g/mol. The first-order valence-electron chi connectivity index (χ1n) is 5.87. The van der Waals surface area contributed by atoms with Crippen molar-refractivity contribution in [3.63, 3.8) is 0 Å². The van der Waals surface area contributed by atoms with Crippen LogP contribution in [0.1, 0.15) is 5.69 Å². The number of aromatic nitrogens is 2. The second kappa shape index (κ2) is 4.50. The summed E-state index contributed by atoms with van der Waals surface area (Å²) in [5.74, 6) is 0. The summed E-state index contributed by atoms with van der Waals surface area (Å²) in [5.41, 5.74) is 4.62. The molecule has 3 aromatic rings. The Kier molecular flexibility index (Phi) is 2.84. The number of benzene rings is 1. The first-order chi connectivity index (χ1) is 8.79. The lowest BCUT2D eigenvalue weighted by Crippen LogP contribution is -1.80. The Morgan fingerprint density at radius 1 is 1.11 bits per heavy atom. The first kappa shape index (κ1) is 11.4. The van der Waals surface area contributed by atoms with Gasteiger partial charge in [0.15, 0.2) is 0 Å². The highest BCUT2D eigenvalue weighted by molar-refractivity contribution is 7.98. The van der Waals surface area contributed by atoms with Gasteiger partial charge in [-0.15, -0.1) is 11.8 Å². The molecule has 1 aromatic carbocycles. The molecule has 0 spiro atoms. The highest BCUT2D eigenvalue weighted by Gasteiger charge is 2.10. The van der Waals surface area contributed by atoms with Gasteiger partial charge in [-0.1, -0.05) is 12.1 Å². The molecule has 0 radical (unpaired) electrons. The normalized spacial score (nSPS) is 11.0. The van der Waals surface area contributed by atoms with E-state index < -0.39 is 0 Å². The second-order valence-electron chi connectivity index (χ2n) is 4.25. The third-order valence-electron chi connectivity index (χ3n) is 3.14. The fraction of sp³-hybridized carbons (Fsp3) is 0.133. The zero-order valence-electron chi connectivity index (χ0n) is 10.4. The van der Waals surface area contributed by atoms with Gasteiger partial charge in [0, 0.05) is 27.7 Å². The molecule has 18 heavy (non-hydrogen) atoms. The van der Waals surface area contributed by atoms with Crippen LogP contribution in [0.25, 0.3) is 22.2 Å². The zero-order valence-corrected chi connectivity index (χ0v) is 11.2. The summed E-state index contributed by atoms with van der Waals surface area (Å²) in [5, 5.41) is 1.19. The molecule has 90 valence electrons. The average molecular weight is 254 g/mol. The van der Waals surface area contributed by atoms with Gasteiger partial charge in [0.25, 0.3) is 0 Å². The predicted octanol–water partition coefficient (Wildman–Crippen LogP) is 4.26. The lowest BCUT2D eigenvalue weighted by Gasteiger charge is -2.03. The lowest BCUT2D eigenvalue weighted by atomic mass is 10.0. The largest absolute Gasteiger partial charge is 0.343 e. The summed E-state index contributed by atoms with van der Waals surface area (Å²) < 4.78 is 0. The molecular weight excluding hydrogens is 240 g/mol. The fourth-order valence-electron chi connectivity index (χ4n) is 2.28. The molecule has 0 fully saturated rings. The number of rotatable bonds is 2. The third kappa shape index (κ3) is 1.81. The maximum Gasteiger partial charge on any atom is 0.138 e. The van der Waals surface area contributed by atoms with Crippen molar-refractivity contribution in [1.29, 1.82) is 0 Å². The Labute approximate surface area is 110 Å². The number of hydrogen-bond donors (Lipinski definition) is 1. The Balaban J connectivity index is 2.20. The maximum absolute atomic E-state index is 4.36. The van der Waals surface area contributed by atoms with Crippen LogP contribution in [0.5, 0.6) is 0 Å². The van der Waals surface area contributed by atoms with Gasteiger partial charge in [0.05, 0.1) is 0 Å². The molecule has 0 saturated heterocycles. The van der Waals surface area contributed by atoms with E-state index in [4.69, 9.17) is 0 Å². The molecule has 0 bridgehead atoms. The van der Waals surface area contributed by atoms with Gasteiger partial charge in [0.1, 0.15) is 5.65 Å². The summed E-state index contributed by atoms with van der Waals surface area (Å²) in [6, 6.07) is 12.8. The highest BCUT2D eigenvalue weighted by atomic mass is 32.2. The number of H-pyrrole nitrogens is 1. The van der Waals surface area contributed by atoms with Crippen LogP contribution in [0.3, 0.4) is 0 Å². The molecule has 2 nitrogen and oxygen atoms in total. The molecule has 2 heterocycles. The minimum Gasteiger partial charge on any atom is -0.343 e. The van der Waals surface area contributed by atoms with Gasteiger partial charge in [-0.05, 0) is 43.0 Å². The standard InChI is InChI=1S/C15H14N2S/c1-10-14(11-5-7-12(18-2)8-6-11)13-4-3-9-16-15(13)17-10/h3-9H,1-2H3,(H,16,17). The van der Waals surface area contributed by atoms with Crippen LogP contribution >= 0.6 is 11.8 Å². The smallest absolute Gasteiger partial charge is 0.138 e. The number of pyridine rings is 1. The van der Waals surface area contributed by atoms with Crippen LogP contribution in [0.2, 0.25) is 0 Å². The van der Waals surface area contributed by atoms with Crippen molar-refractivity contribution in [1.82, 2.24) is 9.97 Å². The Bertz CT molecular complexity index is 683. The molecule has 3 heteroatoms. The van der Waals surface area contributed by atoms with Crippen LogP contribution in [-0.4, -0.2) is 16.2 Å². The van der Waals surface area contributed by atoms with E-state index >= 15 is 0 Å². The summed E-state index contributed by atoms with van der Waals surface area (Å²) in [6.07, 6.45) is 3.91. The van der Waals surface area contributed by atoms with E-state index in [2.05, 4.69) is 53.5 Å². The van der Waals surface area contributed by atoms with Crippen LogP contribution in [0.4, 0.5) is 0 Å². The average Bonchev–Trinajstić information content (AvgIpc) is 2.75. The first-order valence-corrected chi connectivity index (χ1v) is 7.10. The van der Waals surface area contributed by atoms with E-state index in [-0.39, 0.29) is 0 Å². The van der Waals surface area contributed by atoms with Gasteiger partial charge in [-0.25, -0.2) is 4.98 Å². The van der Waals surface area contributed by atoms with Crippen LogP contribution in [0, 0.1) is 6.92 Å². The van der Waals surface area contributed by atoms with Gasteiger partial charge in [-0.2, -0.15) is 0 Å². The number of nitrogens with one attached hydrogen (secondary N) is 1. The second-order valence-corrected chi connectivity index (χ2v) is 5.13. The zero-order chi connectivity index (χ0) is 12.5. The number of thioether (sulfide) groups is 1. The quantitative estimate of drug-likeness (QED) is 0.692. The van der Waals surface area contributed by atoms with Gasteiger partial charge in [0.2, 0.25) is 0 Å². The van der Waals surface area contributed by atoms with Crippen molar-refractivity contribution in [3.8, 4) is 11.1 Å². The molecule has 2 aromatic heterocycles. The summed E-state index contributed by atoms with van der Waals surface area (Å²) in [4.78, 5) is 8.99. The molecule has 0 unspecified atom stereocenters. The van der Waals surface area contributed by atoms with E-state index in [0.29, 0.717) is 0 Å². The molecule has 1 N–H and O–H groups in total. The highest BCUT2D eigenvalue weighted by Crippen LogP contribution is 2.31. The van der Waals surface area contributed by atoms with E-state index in [1.54, 1.807) is 11.8 Å². The van der Waals surface area contributed by atoms with Gasteiger partial charge >= 0.3 is 0 Å². The minimum atomic E-state index is 0.957. The Morgan fingerprint density at radius 3 is 2.61 bits per heavy atom. The van der Waals surface area contributed by atoms with Crippen LogP contribution in [-0.2, 0) is 0 Å². The molecule has 0 aliphatic rings.